The maximum absolute atomic E-state index is 5.90. The number of hydrogen-bond donors (Lipinski definition) is 1. The minimum atomic E-state index is 0.350. The van der Waals surface area contributed by atoms with E-state index in [1.165, 1.54) is 25.7 Å². The fourth-order valence-corrected chi connectivity index (χ4v) is 2.00. The topological polar surface area (TPSA) is 30.5 Å². The van der Waals surface area contributed by atoms with Crippen molar-refractivity contribution in [2.75, 3.05) is 19.8 Å². The zero-order valence-electron chi connectivity index (χ0n) is 9.71. The number of nitrogens with one attached hydrogen (secondary N) is 1. The molecular formula is C12H23NO2. The second-order valence-corrected chi connectivity index (χ2v) is 4.71. The molecule has 1 N–H and O–H groups in total. The van der Waals surface area contributed by atoms with Crippen LogP contribution in [-0.4, -0.2) is 38.0 Å². The first-order valence-corrected chi connectivity index (χ1v) is 6.35. The summed E-state index contributed by atoms with van der Waals surface area (Å²) in [4.78, 5) is 0. The smallest absolute Gasteiger partial charge is 0.0813 e. The van der Waals surface area contributed by atoms with E-state index < -0.39 is 0 Å². The second-order valence-electron chi connectivity index (χ2n) is 4.71. The lowest BCUT2D eigenvalue weighted by molar-refractivity contribution is -0.0141. The largest absolute Gasteiger partial charge is 0.379 e. The van der Waals surface area contributed by atoms with Crippen molar-refractivity contribution in [2.24, 2.45) is 0 Å². The predicted molar refractivity (Wildman–Crippen MR) is 60.0 cm³/mol. The molecule has 2 rings (SSSR count). The third-order valence-corrected chi connectivity index (χ3v) is 3.06. The Labute approximate surface area is 92.5 Å². The Morgan fingerprint density at radius 2 is 2.00 bits per heavy atom. The zero-order valence-corrected chi connectivity index (χ0v) is 9.71. The van der Waals surface area contributed by atoms with Gasteiger partial charge in [0, 0.05) is 19.2 Å². The van der Waals surface area contributed by atoms with Gasteiger partial charge in [0.2, 0.25) is 0 Å². The lowest BCUT2D eigenvalue weighted by Gasteiger charge is -2.14. The maximum atomic E-state index is 5.90. The van der Waals surface area contributed by atoms with Crippen LogP contribution < -0.4 is 5.32 Å². The van der Waals surface area contributed by atoms with E-state index in [2.05, 4.69) is 12.2 Å². The zero-order chi connectivity index (χ0) is 10.5. The van der Waals surface area contributed by atoms with Crippen molar-refractivity contribution in [1.29, 1.82) is 0 Å². The lowest BCUT2D eigenvalue weighted by atomic mass is 10.2. The molecule has 0 spiro atoms. The van der Waals surface area contributed by atoms with E-state index in [9.17, 15) is 0 Å². The minimum Gasteiger partial charge on any atom is -0.379 e. The van der Waals surface area contributed by atoms with Crippen LogP contribution in [0.25, 0.3) is 0 Å². The van der Waals surface area contributed by atoms with Crippen LogP contribution in [0.3, 0.4) is 0 Å². The Morgan fingerprint density at radius 1 is 1.20 bits per heavy atom. The number of ether oxygens (including phenoxy) is 2. The molecule has 0 aromatic carbocycles. The molecule has 2 atom stereocenters. The Kier molecular flexibility index (Phi) is 4.42. The van der Waals surface area contributed by atoms with E-state index in [0.29, 0.717) is 12.2 Å². The summed E-state index contributed by atoms with van der Waals surface area (Å²) >= 11 is 0. The summed E-state index contributed by atoms with van der Waals surface area (Å²) in [5.41, 5.74) is 0. The minimum absolute atomic E-state index is 0.350. The van der Waals surface area contributed by atoms with Crippen molar-refractivity contribution < 1.29 is 9.47 Å². The van der Waals surface area contributed by atoms with Crippen LogP contribution >= 0.6 is 0 Å². The van der Waals surface area contributed by atoms with Crippen molar-refractivity contribution in [2.45, 2.75) is 57.3 Å². The quantitative estimate of drug-likeness (QED) is 0.653. The van der Waals surface area contributed by atoms with Crippen molar-refractivity contribution in [3.05, 3.63) is 0 Å². The summed E-state index contributed by atoms with van der Waals surface area (Å²) < 4.78 is 11.4. The molecule has 2 unspecified atom stereocenters. The van der Waals surface area contributed by atoms with Gasteiger partial charge < -0.3 is 14.8 Å². The van der Waals surface area contributed by atoms with E-state index in [1.54, 1.807) is 0 Å². The first-order chi connectivity index (χ1) is 7.38. The highest BCUT2D eigenvalue weighted by Crippen LogP contribution is 2.22. The fraction of sp³-hybridized carbons (Fsp3) is 1.00. The van der Waals surface area contributed by atoms with E-state index in [1.807, 2.05) is 0 Å². The molecule has 1 saturated heterocycles. The van der Waals surface area contributed by atoms with Gasteiger partial charge in [-0.25, -0.2) is 0 Å². The van der Waals surface area contributed by atoms with Gasteiger partial charge >= 0.3 is 0 Å². The van der Waals surface area contributed by atoms with Crippen LogP contribution in [0.15, 0.2) is 0 Å². The molecule has 0 aromatic heterocycles. The lowest BCUT2D eigenvalue weighted by Crippen LogP contribution is -2.29. The molecule has 1 aliphatic heterocycles. The Balaban J connectivity index is 1.52. The maximum Gasteiger partial charge on any atom is 0.0813 e. The third-order valence-electron chi connectivity index (χ3n) is 3.06. The summed E-state index contributed by atoms with van der Waals surface area (Å²) in [5.74, 6) is 0. The third kappa shape index (κ3) is 4.09. The summed E-state index contributed by atoms with van der Waals surface area (Å²) in [6, 6.07) is 0.795. The monoisotopic (exact) mass is 213 g/mol. The Hall–Kier alpha value is -0.120. The van der Waals surface area contributed by atoms with Crippen LogP contribution in [0.5, 0.6) is 0 Å². The molecule has 88 valence electrons. The molecule has 1 heterocycles. The summed E-state index contributed by atoms with van der Waals surface area (Å²) in [6.45, 7) is 4.82. The number of rotatable bonds is 7. The summed E-state index contributed by atoms with van der Waals surface area (Å²) in [7, 11) is 0. The molecular weight excluding hydrogens is 190 g/mol. The molecule has 2 fully saturated rings. The molecule has 15 heavy (non-hydrogen) atoms. The highest BCUT2D eigenvalue weighted by atomic mass is 16.5. The predicted octanol–water partition coefficient (Wildman–Crippen LogP) is 1.71. The van der Waals surface area contributed by atoms with Crippen LogP contribution in [0.2, 0.25) is 0 Å². The summed E-state index contributed by atoms with van der Waals surface area (Å²) in [6.07, 6.45) is 6.95. The fourth-order valence-electron chi connectivity index (χ4n) is 2.00. The van der Waals surface area contributed by atoms with Crippen LogP contribution in [-0.2, 0) is 9.47 Å². The molecule has 0 radical (unpaired) electrons. The molecule has 1 aliphatic carbocycles. The van der Waals surface area contributed by atoms with Crippen LogP contribution in [0, 0.1) is 0 Å². The second kappa shape index (κ2) is 5.83. The van der Waals surface area contributed by atoms with E-state index in [-0.39, 0.29) is 0 Å². The van der Waals surface area contributed by atoms with E-state index >= 15 is 0 Å². The first kappa shape index (κ1) is 11.4. The molecule has 0 aromatic rings. The van der Waals surface area contributed by atoms with Crippen LogP contribution in [0.1, 0.15) is 39.0 Å². The highest BCUT2D eigenvalue weighted by Gasteiger charge is 2.27. The van der Waals surface area contributed by atoms with Gasteiger partial charge in [-0.1, -0.05) is 6.92 Å². The number of hydrogen-bond acceptors (Lipinski definition) is 3. The average molecular weight is 213 g/mol. The molecule has 0 bridgehead atoms. The van der Waals surface area contributed by atoms with Crippen molar-refractivity contribution in [1.82, 2.24) is 5.32 Å². The standard InChI is InChI=1S/C12H23NO2/c1-2-7-14-9-12-6-5-11(15-12)8-13-10-3-4-10/h10-13H,2-9H2,1H3. The molecule has 2 aliphatic rings. The van der Waals surface area contributed by atoms with Gasteiger partial charge in [0.1, 0.15) is 0 Å². The van der Waals surface area contributed by atoms with Gasteiger partial charge in [-0.2, -0.15) is 0 Å². The van der Waals surface area contributed by atoms with E-state index in [0.717, 1.165) is 32.2 Å². The van der Waals surface area contributed by atoms with Gasteiger partial charge in [-0.05, 0) is 32.1 Å². The molecule has 3 nitrogen and oxygen atoms in total. The Bertz CT molecular complexity index is 182. The normalized spacial score (nSPS) is 31.0. The van der Waals surface area contributed by atoms with E-state index in [4.69, 9.17) is 9.47 Å². The Morgan fingerprint density at radius 3 is 2.73 bits per heavy atom. The highest BCUT2D eigenvalue weighted by molar-refractivity contribution is 4.84. The molecule has 0 amide bonds. The van der Waals surface area contributed by atoms with Crippen LogP contribution in [0.4, 0.5) is 0 Å². The van der Waals surface area contributed by atoms with Gasteiger partial charge in [-0.15, -0.1) is 0 Å². The van der Waals surface area contributed by atoms with Crippen molar-refractivity contribution in [3.63, 3.8) is 0 Å². The summed E-state index contributed by atoms with van der Waals surface area (Å²) in [5, 5.41) is 3.52. The van der Waals surface area contributed by atoms with Gasteiger partial charge in [0.25, 0.3) is 0 Å². The SMILES string of the molecule is CCCOCC1CCC(CNC2CC2)O1. The van der Waals surface area contributed by atoms with Gasteiger partial charge in [-0.3, -0.25) is 0 Å². The molecule has 1 saturated carbocycles. The van der Waals surface area contributed by atoms with Gasteiger partial charge in [0.05, 0.1) is 18.8 Å². The van der Waals surface area contributed by atoms with Crippen molar-refractivity contribution >= 4 is 0 Å². The van der Waals surface area contributed by atoms with Gasteiger partial charge in [0.15, 0.2) is 0 Å². The average Bonchev–Trinajstić information content (AvgIpc) is 2.97. The van der Waals surface area contributed by atoms with Crippen molar-refractivity contribution in [3.8, 4) is 0 Å². The molecule has 3 heteroatoms. The first-order valence-electron chi connectivity index (χ1n) is 6.35.